The Morgan fingerprint density at radius 2 is 1.88 bits per heavy atom. The number of nitrogens with one attached hydrogen (secondary N) is 1. The van der Waals surface area contributed by atoms with E-state index in [-0.39, 0.29) is 17.7 Å². The van der Waals surface area contributed by atoms with Crippen LogP contribution in [-0.2, 0) is 17.4 Å². The number of alkyl halides is 3. The minimum atomic E-state index is -4.96. The van der Waals surface area contributed by atoms with Crippen LogP contribution >= 0.6 is 11.6 Å². The summed E-state index contributed by atoms with van der Waals surface area (Å²) in [6.07, 6.45) is -4.83. The van der Waals surface area contributed by atoms with Gasteiger partial charge in [0.1, 0.15) is 5.82 Å². The Morgan fingerprint density at radius 1 is 1.25 bits per heavy atom. The summed E-state index contributed by atoms with van der Waals surface area (Å²) in [5.74, 6) is -4.27. The fourth-order valence-corrected chi connectivity index (χ4v) is 4.22. The predicted molar refractivity (Wildman–Crippen MR) is 108 cm³/mol. The van der Waals surface area contributed by atoms with E-state index in [2.05, 4.69) is 5.32 Å². The van der Waals surface area contributed by atoms with Crippen LogP contribution in [0.25, 0.3) is 0 Å². The highest BCUT2D eigenvalue weighted by molar-refractivity contribution is 6.30. The van der Waals surface area contributed by atoms with Gasteiger partial charge in [0.05, 0.1) is 23.2 Å². The zero-order chi connectivity index (χ0) is 23.8. The molecule has 1 heterocycles. The molecule has 168 valence electrons. The highest BCUT2D eigenvalue weighted by atomic mass is 35.5. The quantitative estimate of drug-likeness (QED) is 0.681. The molecule has 1 aliphatic rings. The van der Waals surface area contributed by atoms with E-state index in [0.29, 0.717) is 16.7 Å². The molecule has 0 spiro atoms. The molecule has 3 unspecified atom stereocenters. The van der Waals surface area contributed by atoms with E-state index >= 15 is 0 Å². The second-order valence-corrected chi connectivity index (χ2v) is 8.34. The molecule has 2 aromatic rings. The monoisotopic (exact) mass is 465 g/mol. The van der Waals surface area contributed by atoms with Crippen molar-refractivity contribution in [1.29, 1.82) is 5.26 Å². The van der Waals surface area contributed by atoms with Crippen LogP contribution in [0, 0.1) is 22.6 Å². The second kappa shape index (κ2) is 8.47. The number of carboxylic acids is 1. The van der Waals surface area contributed by atoms with Crippen LogP contribution in [0.4, 0.5) is 17.6 Å². The lowest BCUT2D eigenvalue weighted by Gasteiger charge is -2.48. The van der Waals surface area contributed by atoms with Gasteiger partial charge in [-0.2, -0.15) is 18.4 Å². The maximum Gasteiger partial charge on any atom is 0.416 e. The van der Waals surface area contributed by atoms with Gasteiger partial charge in [0, 0.05) is 34.5 Å². The topological polar surface area (TPSA) is 76.0 Å². The van der Waals surface area contributed by atoms with Crippen LogP contribution in [0.3, 0.4) is 0 Å². The van der Waals surface area contributed by atoms with Crippen molar-refractivity contribution >= 4 is 17.6 Å². The van der Waals surface area contributed by atoms with E-state index in [4.69, 9.17) is 11.6 Å². The van der Waals surface area contributed by atoms with Gasteiger partial charge in [-0.15, -0.1) is 0 Å². The Bertz CT molecular complexity index is 1120. The molecule has 1 aliphatic heterocycles. The number of carboxylic acid groups (broad SMARTS) is 1. The van der Waals surface area contributed by atoms with Crippen LogP contribution in [0.1, 0.15) is 36.5 Å². The molecule has 0 amide bonds. The van der Waals surface area contributed by atoms with Crippen LogP contribution in [0.5, 0.6) is 0 Å². The van der Waals surface area contributed by atoms with Crippen molar-refractivity contribution in [2.24, 2.45) is 5.41 Å². The normalized spacial score (nSPS) is 23.4. The van der Waals surface area contributed by atoms with E-state index in [1.54, 1.807) is 24.3 Å². The number of aliphatic carboxylic acids is 1. The van der Waals surface area contributed by atoms with Gasteiger partial charge in [-0.05, 0) is 42.3 Å². The predicted octanol–water partition coefficient (Wildman–Crippen LogP) is 4.35. The minimum Gasteiger partial charge on any atom is -0.549 e. The number of carbonyl (C=O) groups is 1. The third kappa shape index (κ3) is 4.17. The standard InChI is InChI=1S/C23H19ClF4N2O2/c1-12-22(2,21(31)32)20(16-8-7-15(25)10-18(16)23(26,27)28)17(11-29)19(30-12)9-13-3-5-14(24)6-4-13/h3-8,10,12,20,30H,9H2,1-2H3,(H,31,32)/p-1. The second-order valence-electron chi connectivity index (χ2n) is 7.91. The van der Waals surface area contributed by atoms with E-state index in [9.17, 15) is 32.7 Å². The van der Waals surface area contributed by atoms with Crippen molar-refractivity contribution < 1.29 is 27.5 Å². The van der Waals surface area contributed by atoms with Crippen molar-refractivity contribution in [3.63, 3.8) is 0 Å². The lowest BCUT2D eigenvalue weighted by molar-refractivity contribution is -0.320. The zero-order valence-electron chi connectivity index (χ0n) is 17.1. The SMILES string of the molecule is CC1NC(Cc2ccc(Cl)cc2)=C(C#N)C(c2ccc(F)cc2C(F)(F)F)C1(C)C(=O)[O-]. The van der Waals surface area contributed by atoms with Crippen LogP contribution < -0.4 is 10.4 Å². The number of allylic oxidation sites excluding steroid dienone is 2. The largest absolute Gasteiger partial charge is 0.549 e. The maximum atomic E-state index is 13.8. The first-order valence-corrected chi connectivity index (χ1v) is 9.99. The molecule has 0 aliphatic carbocycles. The average molecular weight is 466 g/mol. The number of rotatable bonds is 4. The van der Waals surface area contributed by atoms with Gasteiger partial charge >= 0.3 is 6.18 Å². The number of benzene rings is 2. The summed E-state index contributed by atoms with van der Waals surface area (Å²) in [4.78, 5) is 12.2. The molecule has 3 atom stereocenters. The molecule has 0 saturated heterocycles. The Balaban J connectivity index is 2.28. The summed E-state index contributed by atoms with van der Waals surface area (Å²) in [5.41, 5.74) is -2.94. The first-order chi connectivity index (χ1) is 14.9. The summed E-state index contributed by atoms with van der Waals surface area (Å²) < 4.78 is 55.1. The maximum absolute atomic E-state index is 13.8. The molecular weight excluding hydrogens is 448 g/mol. The summed E-state index contributed by atoms with van der Waals surface area (Å²) in [5, 5.41) is 25.6. The van der Waals surface area contributed by atoms with Gasteiger partial charge in [0.15, 0.2) is 0 Å². The third-order valence-electron chi connectivity index (χ3n) is 5.99. The summed E-state index contributed by atoms with van der Waals surface area (Å²) in [7, 11) is 0. The van der Waals surface area contributed by atoms with E-state index < -0.39 is 46.5 Å². The zero-order valence-corrected chi connectivity index (χ0v) is 17.8. The number of halogens is 5. The third-order valence-corrected chi connectivity index (χ3v) is 6.24. The van der Waals surface area contributed by atoms with Crippen molar-refractivity contribution in [3.8, 4) is 6.07 Å². The Kier molecular flexibility index (Phi) is 6.25. The van der Waals surface area contributed by atoms with Gasteiger partial charge in [0.2, 0.25) is 0 Å². The van der Waals surface area contributed by atoms with Crippen molar-refractivity contribution in [2.45, 2.75) is 38.4 Å². The molecule has 9 heteroatoms. The van der Waals surface area contributed by atoms with Crippen molar-refractivity contribution in [3.05, 3.63) is 81.3 Å². The van der Waals surface area contributed by atoms with Crippen LogP contribution in [0.15, 0.2) is 53.7 Å². The molecule has 32 heavy (non-hydrogen) atoms. The number of hydrogen-bond donors (Lipinski definition) is 1. The van der Waals surface area contributed by atoms with Crippen LogP contribution in [-0.4, -0.2) is 12.0 Å². The van der Waals surface area contributed by atoms with E-state index in [1.807, 2.05) is 6.07 Å². The molecule has 3 rings (SSSR count). The van der Waals surface area contributed by atoms with Gasteiger partial charge in [-0.3, -0.25) is 0 Å². The van der Waals surface area contributed by atoms with Gasteiger partial charge in [0.25, 0.3) is 0 Å². The number of nitrogens with zero attached hydrogens (tertiary/aromatic N) is 1. The summed E-state index contributed by atoms with van der Waals surface area (Å²) >= 11 is 5.89. The molecule has 2 aromatic carbocycles. The molecule has 0 saturated carbocycles. The summed E-state index contributed by atoms with van der Waals surface area (Å²) in [6.45, 7) is 2.72. The molecule has 4 nitrogen and oxygen atoms in total. The lowest BCUT2D eigenvalue weighted by Crippen LogP contribution is -2.58. The van der Waals surface area contributed by atoms with E-state index in [1.165, 1.54) is 13.8 Å². The summed E-state index contributed by atoms with van der Waals surface area (Å²) in [6, 6.07) is 9.65. The highest BCUT2D eigenvalue weighted by Crippen LogP contribution is 2.50. The Labute approximate surface area is 187 Å². The first kappa shape index (κ1) is 23.6. The fraction of sp³-hybridized carbons (Fsp3) is 0.304. The first-order valence-electron chi connectivity index (χ1n) is 9.61. The van der Waals surface area contributed by atoms with Crippen LogP contribution in [0.2, 0.25) is 5.02 Å². The average Bonchev–Trinajstić information content (AvgIpc) is 2.71. The Morgan fingerprint density at radius 3 is 2.41 bits per heavy atom. The van der Waals surface area contributed by atoms with E-state index in [0.717, 1.165) is 12.1 Å². The molecular formula is C23H18ClF4N2O2-. The smallest absolute Gasteiger partial charge is 0.416 e. The van der Waals surface area contributed by atoms with Crippen molar-refractivity contribution in [2.75, 3.05) is 0 Å². The van der Waals surface area contributed by atoms with Gasteiger partial charge in [-0.25, -0.2) is 4.39 Å². The number of hydrogen-bond acceptors (Lipinski definition) is 4. The Hall–Kier alpha value is -3.05. The molecule has 1 N–H and O–H groups in total. The molecule has 0 aromatic heterocycles. The molecule has 0 bridgehead atoms. The van der Waals surface area contributed by atoms with Crippen molar-refractivity contribution in [1.82, 2.24) is 5.32 Å². The number of carbonyl (C=O) groups excluding carboxylic acids is 1. The van der Waals surface area contributed by atoms with Gasteiger partial charge in [-0.1, -0.05) is 36.7 Å². The van der Waals surface area contributed by atoms with Gasteiger partial charge < -0.3 is 15.2 Å². The fourth-order valence-electron chi connectivity index (χ4n) is 4.10. The lowest BCUT2D eigenvalue weighted by atomic mass is 9.62. The molecule has 0 fully saturated rings. The number of nitriles is 1. The minimum absolute atomic E-state index is 0.132. The molecule has 0 radical (unpaired) electrons. The highest BCUT2D eigenvalue weighted by Gasteiger charge is 2.50.